The van der Waals surface area contributed by atoms with Gasteiger partial charge in [0.05, 0.1) is 16.3 Å². The molecule has 28 heavy (non-hydrogen) atoms. The van der Waals surface area contributed by atoms with E-state index in [9.17, 15) is 31.1 Å². The van der Waals surface area contributed by atoms with Gasteiger partial charge in [-0.15, -0.1) is 13.2 Å². The number of hydrogen-bond donors (Lipinski definition) is 0. The van der Waals surface area contributed by atoms with Crippen molar-refractivity contribution < 1.29 is 35.9 Å². The number of carbonyl (C=O) groups excluding carboxylic acids is 1. The number of carbonyl (C=O) groups is 1. The highest BCUT2D eigenvalue weighted by molar-refractivity contribution is 7.99. The topological polar surface area (TPSA) is 42.4 Å². The molecule has 0 radical (unpaired) electrons. The number of pyridine rings is 1. The lowest BCUT2D eigenvalue weighted by Gasteiger charge is -2.17. The maximum absolute atomic E-state index is 12.5. The van der Waals surface area contributed by atoms with E-state index in [1.54, 1.807) is 0 Å². The SMILES string of the molecule is CN(Cc1ccc(OC(F)(F)F)cc1)C(=O)CSc1ccc(C(F)(F)F)cn1. The monoisotopic (exact) mass is 424 g/mol. The summed E-state index contributed by atoms with van der Waals surface area (Å²) in [6.07, 6.45) is -8.56. The van der Waals surface area contributed by atoms with E-state index in [0.29, 0.717) is 11.8 Å². The Labute approximate surface area is 160 Å². The molecule has 1 amide bonds. The van der Waals surface area contributed by atoms with Crippen LogP contribution in [-0.2, 0) is 17.5 Å². The number of ether oxygens (including phenoxy) is 1. The molecule has 0 aliphatic carbocycles. The fourth-order valence-corrected chi connectivity index (χ4v) is 2.82. The first kappa shape index (κ1) is 21.9. The fraction of sp³-hybridized carbons (Fsp3) is 0.294. The van der Waals surface area contributed by atoms with Crippen molar-refractivity contribution in [3.05, 3.63) is 53.7 Å². The van der Waals surface area contributed by atoms with Crippen molar-refractivity contribution in [2.45, 2.75) is 24.1 Å². The summed E-state index contributed by atoms with van der Waals surface area (Å²) < 4.78 is 77.6. The molecule has 1 aromatic carbocycles. The zero-order valence-corrected chi connectivity index (χ0v) is 15.2. The summed E-state index contributed by atoms with van der Waals surface area (Å²) >= 11 is 0.981. The third kappa shape index (κ3) is 6.95. The zero-order chi connectivity index (χ0) is 20.9. The summed E-state index contributed by atoms with van der Waals surface area (Å²) in [4.78, 5) is 17.1. The largest absolute Gasteiger partial charge is 0.573 e. The molecule has 152 valence electrons. The van der Waals surface area contributed by atoms with Crippen LogP contribution >= 0.6 is 11.8 Å². The smallest absolute Gasteiger partial charge is 0.406 e. The molecule has 11 heteroatoms. The summed E-state index contributed by atoms with van der Waals surface area (Å²) in [6, 6.07) is 7.14. The number of thioether (sulfide) groups is 1. The Morgan fingerprint density at radius 1 is 1.07 bits per heavy atom. The molecule has 0 atom stereocenters. The zero-order valence-electron chi connectivity index (χ0n) is 14.3. The minimum atomic E-state index is -4.78. The van der Waals surface area contributed by atoms with Crippen LogP contribution < -0.4 is 4.74 Å². The summed E-state index contributed by atoms with van der Waals surface area (Å²) in [6.45, 7) is 0.145. The van der Waals surface area contributed by atoms with Crippen molar-refractivity contribution in [3.8, 4) is 5.75 Å². The second-order valence-electron chi connectivity index (χ2n) is 5.61. The highest BCUT2D eigenvalue weighted by atomic mass is 32.2. The van der Waals surface area contributed by atoms with Crippen LogP contribution in [0.3, 0.4) is 0 Å². The van der Waals surface area contributed by atoms with E-state index in [2.05, 4.69) is 9.72 Å². The quantitative estimate of drug-likeness (QED) is 0.496. The Balaban J connectivity index is 1.85. The van der Waals surface area contributed by atoms with Gasteiger partial charge >= 0.3 is 12.5 Å². The molecule has 4 nitrogen and oxygen atoms in total. The van der Waals surface area contributed by atoms with Crippen LogP contribution in [0.15, 0.2) is 47.6 Å². The summed E-state index contributed by atoms with van der Waals surface area (Å²) in [5, 5.41) is 0.267. The number of alkyl halides is 6. The Bertz CT molecular complexity index is 791. The molecule has 1 aromatic heterocycles. The van der Waals surface area contributed by atoms with Crippen LogP contribution in [0.4, 0.5) is 26.3 Å². The molecular formula is C17H14F6N2O2S. The third-order valence-electron chi connectivity index (χ3n) is 3.41. The van der Waals surface area contributed by atoms with Gasteiger partial charge in [0.1, 0.15) is 5.75 Å². The molecule has 0 saturated carbocycles. The first-order valence-corrected chi connectivity index (χ1v) is 8.67. The second kappa shape index (κ2) is 8.72. The Morgan fingerprint density at radius 2 is 1.71 bits per heavy atom. The lowest BCUT2D eigenvalue weighted by atomic mass is 10.2. The Hall–Kier alpha value is -2.43. The van der Waals surface area contributed by atoms with E-state index in [1.165, 1.54) is 30.1 Å². The summed E-state index contributed by atoms with van der Waals surface area (Å²) in [7, 11) is 1.50. The van der Waals surface area contributed by atoms with Gasteiger partial charge in [0, 0.05) is 19.8 Å². The highest BCUT2D eigenvalue weighted by Gasteiger charge is 2.31. The van der Waals surface area contributed by atoms with Crippen LogP contribution in [0.2, 0.25) is 0 Å². The minimum Gasteiger partial charge on any atom is -0.406 e. The number of amides is 1. The molecule has 0 saturated heterocycles. The van der Waals surface area contributed by atoms with Gasteiger partial charge in [-0.2, -0.15) is 13.2 Å². The standard InChI is InChI=1S/C17H14F6N2O2S/c1-25(9-11-2-5-13(6-3-11)27-17(21,22)23)15(26)10-28-14-7-4-12(8-24-14)16(18,19)20/h2-8H,9-10H2,1H3. The van der Waals surface area contributed by atoms with Gasteiger partial charge < -0.3 is 9.64 Å². The maximum Gasteiger partial charge on any atom is 0.573 e. The van der Waals surface area contributed by atoms with E-state index < -0.39 is 18.1 Å². The van der Waals surface area contributed by atoms with Crippen molar-refractivity contribution in [1.82, 2.24) is 9.88 Å². The molecule has 0 spiro atoms. The molecule has 0 aliphatic rings. The average molecular weight is 424 g/mol. The van der Waals surface area contributed by atoms with E-state index in [-0.39, 0.29) is 29.0 Å². The van der Waals surface area contributed by atoms with Gasteiger partial charge in [0.15, 0.2) is 0 Å². The second-order valence-corrected chi connectivity index (χ2v) is 6.61. The lowest BCUT2D eigenvalue weighted by molar-refractivity contribution is -0.274. The van der Waals surface area contributed by atoms with Crippen LogP contribution in [0.25, 0.3) is 0 Å². The molecule has 2 aromatic rings. The summed E-state index contributed by atoms with van der Waals surface area (Å²) in [5.74, 6) is -0.735. The number of halogens is 6. The minimum absolute atomic E-state index is 0.0515. The van der Waals surface area contributed by atoms with E-state index in [0.717, 1.165) is 30.0 Å². The van der Waals surface area contributed by atoms with Gasteiger partial charge in [-0.05, 0) is 29.8 Å². The van der Waals surface area contributed by atoms with E-state index >= 15 is 0 Å². The predicted octanol–water partition coefficient (Wildman–Crippen LogP) is 4.75. The molecule has 0 N–H and O–H groups in total. The number of rotatable bonds is 6. The Morgan fingerprint density at radius 3 is 2.21 bits per heavy atom. The summed E-state index contributed by atoms with van der Waals surface area (Å²) in [5.41, 5.74) is -0.290. The number of aromatic nitrogens is 1. The molecule has 0 fully saturated rings. The van der Waals surface area contributed by atoms with Gasteiger partial charge in [-0.3, -0.25) is 4.79 Å². The van der Waals surface area contributed by atoms with E-state index in [1.807, 2.05) is 0 Å². The predicted molar refractivity (Wildman–Crippen MR) is 89.6 cm³/mol. The number of hydrogen-bond acceptors (Lipinski definition) is 4. The number of nitrogens with zero attached hydrogens (tertiary/aromatic N) is 2. The van der Waals surface area contributed by atoms with E-state index in [4.69, 9.17) is 0 Å². The first-order valence-electron chi connectivity index (χ1n) is 7.69. The molecule has 1 heterocycles. The van der Waals surface area contributed by atoms with Crippen molar-refractivity contribution in [2.24, 2.45) is 0 Å². The van der Waals surface area contributed by atoms with Crippen LogP contribution in [0, 0.1) is 0 Å². The van der Waals surface area contributed by atoms with Crippen molar-refractivity contribution in [2.75, 3.05) is 12.8 Å². The molecule has 0 unspecified atom stereocenters. The Kier molecular flexibility index (Phi) is 6.81. The average Bonchev–Trinajstić information content (AvgIpc) is 2.59. The van der Waals surface area contributed by atoms with Crippen LogP contribution in [-0.4, -0.2) is 35.0 Å². The third-order valence-corrected chi connectivity index (χ3v) is 4.34. The molecule has 0 aliphatic heterocycles. The molecular weight excluding hydrogens is 410 g/mol. The van der Waals surface area contributed by atoms with Crippen LogP contribution in [0.1, 0.15) is 11.1 Å². The molecule has 2 rings (SSSR count). The lowest BCUT2D eigenvalue weighted by Crippen LogP contribution is -2.27. The van der Waals surface area contributed by atoms with Crippen molar-refractivity contribution >= 4 is 17.7 Å². The highest BCUT2D eigenvalue weighted by Crippen LogP contribution is 2.29. The van der Waals surface area contributed by atoms with Gasteiger partial charge in [0.2, 0.25) is 5.91 Å². The number of benzene rings is 1. The maximum atomic E-state index is 12.5. The normalized spacial score (nSPS) is 12.0. The fourth-order valence-electron chi connectivity index (χ4n) is 2.04. The first-order chi connectivity index (χ1) is 12.9. The van der Waals surface area contributed by atoms with Gasteiger partial charge in [-0.25, -0.2) is 4.98 Å². The van der Waals surface area contributed by atoms with Crippen molar-refractivity contribution in [1.29, 1.82) is 0 Å². The van der Waals surface area contributed by atoms with Crippen LogP contribution in [0.5, 0.6) is 5.75 Å². The van der Waals surface area contributed by atoms with Gasteiger partial charge in [-0.1, -0.05) is 23.9 Å². The molecule has 0 bridgehead atoms. The van der Waals surface area contributed by atoms with Gasteiger partial charge in [0.25, 0.3) is 0 Å². The van der Waals surface area contributed by atoms with Crippen molar-refractivity contribution in [3.63, 3.8) is 0 Å².